The first kappa shape index (κ1) is 16.0. The van der Waals surface area contributed by atoms with E-state index in [0.717, 1.165) is 23.8 Å². The lowest BCUT2D eigenvalue weighted by molar-refractivity contribution is 0.0807. The van der Waals surface area contributed by atoms with Gasteiger partial charge in [-0.15, -0.1) is 0 Å². The van der Waals surface area contributed by atoms with E-state index in [1.807, 2.05) is 0 Å². The molecule has 3 unspecified atom stereocenters. The van der Waals surface area contributed by atoms with Crippen LogP contribution < -0.4 is 5.32 Å². The van der Waals surface area contributed by atoms with E-state index < -0.39 is 0 Å². The molecule has 0 saturated heterocycles. The quantitative estimate of drug-likeness (QED) is 0.782. The van der Waals surface area contributed by atoms with Crippen LogP contribution >= 0.6 is 0 Å². The highest BCUT2D eigenvalue weighted by Gasteiger charge is 2.34. The molecule has 0 aliphatic heterocycles. The van der Waals surface area contributed by atoms with Crippen LogP contribution in [0.15, 0.2) is 0 Å². The molecule has 18 heavy (non-hydrogen) atoms. The molecule has 0 amide bonds. The highest BCUT2D eigenvalue weighted by Crippen LogP contribution is 2.33. The van der Waals surface area contributed by atoms with Gasteiger partial charge in [0, 0.05) is 18.6 Å². The Bertz CT molecular complexity index is 225. The molecule has 1 N–H and O–H groups in total. The van der Waals surface area contributed by atoms with Crippen LogP contribution in [0.3, 0.4) is 0 Å². The van der Waals surface area contributed by atoms with Gasteiger partial charge in [-0.05, 0) is 50.6 Å². The predicted molar refractivity (Wildman–Crippen MR) is 80.9 cm³/mol. The van der Waals surface area contributed by atoms with E-state index in [1.54, 1.807) is 0 Å². The second-order valence-corrected chi connectivity index (χ2v) is 6.76. The molecule has 1 fully saturated rings. The molecule has 108 valence electrons. The summed E-state index contributed by atoms with van der Waals surface area (Å²) in [4.78, 5) is 2.71. The lowest BCUT2D eigenvalue weighted by Gasteiger charge is -2.44. The summed E-state index contributed by atoms with van der Waals surface area (Å²) < 4.78 is 0. The van der Waals surface area contributed by atoms with Gasteiger partial charge in [-0.1, -0.05) is 34.6 Å². The van der Waals surface area contributed by atoms with E-state index in [-0.39, 0.29) is 0 Å². The summed E-state index contributed by atoms with van der Waals surface area (Å²) in [5.74, 6) is 2.52. The first-order valence-corrected chi connectivity index (χ1v) is 7.90. The number of hydrogen-bond donors (Lipinski definition) is 1. The van der Waals surface area contributed by atoms with Gasteiger partial charge in [0.1, 0.15) is 0 Å². The van der Waals surface area contributed by atoms with Crippen LogP contribution in [0.5, 0.6) is 0 Å². The third-order valence-corrected chi connectivity index (χ3v) is 4.65. The molecule has 1 aliphatic carbocycles. The standard InChI is InChI=1S/C16H34N2/c1-7-18(11-12(2)3)16-10-14(13(4)5)8-9-15(16)17-6/h12-17H,7-11H2,1-6H3. The summed E-state index contributed by atoms with van der Waals surface area (Å²) in [6.07, 6.45) is 4.13. The maximum absolute atomic E-state index is 3.56. The van der Waals surface area contributed by atoms with Crippen molar-refractivity contribution in [3.63, 3.8) is 0 Å². The normalized spacial score (nSPS) is 29.5. The van der Waals surface area contributed by atoms with Gasteiger partial charge in [0.15, 0.2) is 0 Å². The maximum atomic E-state index is 3.56. The van der Waals surface area contributed by atoms with Crippen LogP contribution in [0.2, 0.25) is 0 Å². The molecule has 1 saturated carbocycles. The summed E-state index contributed by atoms with van der Waals surface area (Å²) in [5.41, 5.74) is 0. The Kier molecular flexibility index (Phi) is 6.65. The zero-order chi connectivity index (χ0) is 13.7. The fourth-order valence-electron chi connectivity index (χ4n) is 3.49. The SMILES string of the molecule is CCN(CC(C)C)C1CC(C(C)C)CCC1NC. The Hall–Kier alpha value is -0.0800. The van der Waals surface area contributed by atoms with Crippen LogP contribution in [0.4, 0.5) is 0 Å². The molecule has 0 spiro atoms. The van der Waals surface area contributed by atoms with Crippen molar-refractivity contribution in [2.75, 3.05) is 20.1 Å². The zero-order valence-electron chi connectivity index (χ0n) is 13.4. The Balaban J connectivity index is 2.71. The van der Waals surface area contributed by atoms with Crippen molar-refractivity contribution >= 4 is 0 Å². The van der Waals surface area contributed by atoms with Crippen LogP contribution in [0.1, 0.15) is 53.9 Å². The van der Waals surface area contributed by atoms with Gasteiger partial charge in [-0.3, -0.25) is 4.90 Å². The Morgan fingerprint density at radius 1 is 1.17 bits per heavy atom. The number of nitrogens with zero attached hydrogens (tertiary/aromatic N) is 1. The van der Waals surface area contributed by atoms with Crippen molar-refractivity contribution in [1.82, 2.24) is 10.2 Å². The minimum absolute atomic E-state index is 0.693. The van der Waals surface area contributed by atoms with E-state index >= 15 is 0 Å². The first-order valence-electron chi connectivity index (χ1n) is 7.90. The second kappa shape index (κ2) is 7.49. The van der Waals surface area contributed by atoms with Crippen molar-refractivity contribution in [3.8, 4) is 0 Å². The zero-order valence-corrected chi connectivity index (χ0v) is 13.4. The minimum atomic E-state index is 0.693. The third kappa shape index (κ3) is 4.24. The van der Waals surface area contributed by atoms with Gasteiger partial charge in [0.25, 0.3) is 0 Å². The molecular weight excluding hydrogens is 220 g/mol. The number of nitrogens with one attached hydrogen (secondary N) is 1. The Labute approximate surface area is 115 Å². The number of hydrogen-bond acceptors (Lipinski definition) is 2. The van der Waals surface area contributed by atoms with Crippen LogP contribution in [-0.4, -0.2) is 37.1 Å². The molecule has 2 heteroatoms. The Morgan fingerprint density at radius 3 is 2.28 bits per heavy atom. The maximum Gasteiger partial charge on any atom is 0.0251 e. The molecule has 1 aliphatic rings. The molecule has 0 aromatic carbocycles. The average molecular weight is 254 g/mol. The van der Waals surface area contributed by atoms with E-state index in [0.29, 0.717) is 6.04 Å². The summed E-state index contributed by atoms with van der Waals surface area (Å²) in [6, 6.07) is 1.43. The number of rotatable bonds is 6. The van der Waals surface area contributed by atoms with Crippen molar-refractivity contribution in [2.45, 2.75) is 66.0 Å². The lowest BCUT2D eigenvalue weighted by atomic mass is 9.76. The highest BCUT2D eigenvalue weighted by molar-refractivity contribution is 4.91. The van der Waals surface area contributed by atoms with E-state index in [9.17, 15) is 0 Å². The van der Waals surface area contributed by atoms with E-state index in [2.05, 4.69) is 51.9 Å². The van der Waals surface area contributed by atoms with Crippen LogP contribution in [0, 0.1) is 17.8 Å². The van der Waals surface area contributed by atoms with Gasteiger partial charge in [0.2, 0.25) is 0 Å². The molecule has 0 bridgehead atoms. The van der Waals surface area contributed by atoms with E-state index in [1.165, 1.54) is 32.4 Å². The summed E-state index contributed by atoms with van der Waals surface area (Å²) >= 11 is 0. The fourth-order valence-corrected chi connectivity index (χ4v) is 3.49. The molecule has 0 aromatic heterocycles. The van der Waals surface area contributed by atoms with Crippen molar-refractivity contribution in [3.05, 3.63) is 0 Å². The summed E-state index contributed by atoms with van der Waals surface area (Å²) in [5, 5.41) is 3.56. The molecule has 1 rings (SSSR count). The largest absolute Gasteiger partial charge is 0.315 e. The first-order chi connectivity index (χ1) is 8.49. The predicted octanol–water partition coefficient (Wildman–Crippen LogP) is 3.38. The Morgan fingerprint density at radius 2 is 1.83 bits per heavy atom. The topological polar surface area (TPSA) is 15.3 Å². The highest BCUT2D eigenvalue weighted by atomic mass is 15.2. The fraction of sp³-hybridized carbons (Fsp3) is 1.00. The monoisotopic (exact) mass is 254 g/mol. The van der Waals surface area contributed by atoms with Crippen molar-refractivity contribution in [2.24, 2.45) is 17.8 Å². The van der Waals surface area contributed by atoms with Gasteiger partial charge in [0.05, 0.1) is 0 Å². The lowest BCUT2D eigenvalue weighted by Crippen LogP contribution is -2.53. The van der Waals surface area contributed by atoms with Gasteiger partial charge < -0.3 is 5.32 Å². The summed E-state index contributed by atoms with van der Waals surface area (Å²) in [7, 11) is 2.14. The smallest absolute Gasteiger partial charge is 0.0251 e. The average Bonchev–Trinajstić information content (AvgIpc) is 2.34. The molecule has 0 heterocycles. The van der Waals surface area contributed by atoms with Crippen molar-refractivity contribution < 1.29 is 0 Å². The van der Waals surface area contributed by atoms with Crippen LogP contribution in [0.25, 0.3) is 0 Å². The molecule has 2 nitrogen and oxygen atoms in total. The molecule has 0 aromatic rings. The molecule has 3 atom stereocenters. The van der Waals surface area contributed by atoms with E-state index in [4.69, 9.17) is 0 Å². The van der Waals surface area contributed by atoms with Gasteiger partial charge in [-0.25, -0.2) is 0 Å². The number of likely N-dealkylation sites (N-methyl/N-ethyl adjacent to an activating group) is 2. The van der Waals surface area contributed by atoms with Gasteiger partial charge in [-0.2, -0.15) is 0 Å². The third-order valence-electron chi connectivity index (χ3n) is 4.65. The van der Waals surface area contributed by atoms with Crippen LogP contribution in [-0.2, 0) is 0 Å². The van der Waals surface area contributed by atoms with Gasteiger partial charge >= 0.3 is 0 Å². The minimum Gasteiger partial charge on any atom is -0.315 e. The molecule has 0 radical (unpaired) electrons. The van der Waals surface area contributed by atoms with Crippen molar-refractivity contribution in [1.29, 1.82) is 0 Å². The second-order valence-electron chi connectivity index (χ2n) is 6.76. The summed E-state index contributed by atoms with van der Waals surface area (Å²) in [6.45, 7) is 14.2. The molecular formula is C16H34N2.